The molecule has 2 atom stereocenters. The summed E-state index contributed by atoms with van der Waals surface area (Å²) >= 11 is 0. The molecule has 12 heteroatoms. The van der Waals surface area contributed by atoms with E-state index in [2.05, 4.69) is 10.6 Å². The zero-order chi connectivity index (χ0) is 30.2. The standard InChI is InChI=1S/2C13H24N2O2.C2H2O4/c2*1-12(2,3)17-11(16)15-9-4-5-13(7-10-15)6-8-14-13;3-1(4)2(5)6/h2*14H,4-10H2,1-3H3;(H,3,4)(H,5,6). The van der Waals surface area contributed by atoms with Crippen LogP contribution >= 0.6 is 0 Å². The molecule has 0 aliphatic carbocycles. The van der Waals surface area contributed by atoms with Gasteiger partial charge in [0, 0.05) is 37.3 Å². The molecule has 4 fully saturated rings. The zero-order valence-corrected chi connectivity index (χ0v) is 25.1. The van der Waals surface area contributed by atoms with Crippen molar-refractivity contribution in [1.29, 1.82) is 0 Å². The lowest BCUT2D eigenvalue weighted by Gasteiger charge is -2.43. The average Bonchev–Trinajstić information content (AvgIpc) is 3.15. The average molecular weight is 571 g/mol. The molecule has 4 aliphatic heterocycles. The van der Waals surface area contributed by atoms with Gasteiger partial charge >= 0.3 is 24.1 Å². The van der Waals surface area contributed by atoms with E-state index >= 15 is 0 Å². The van der Waals surface area contributed by atoms with Crippen LogP contribution in [0, 0.1) is 0 Å². The number of ether oxygens (including phenoxy) is 2. The first kappa shape index (κ1) is 33.6. The Morgan fingerprint density at radius 3 is 1.15 bits per heavy atom. The first-order valence-electron chi connectivity index (χ1n) is 14.4. The third-order valence-electron chi connectivity index (χ3n) is 7.58. The van der Waals surface area contributed by atoms with E-state index in [1.807, 2.05) is 51.3 Å². The van der Waals surface area contributed by atoms with Crippen LogP contribution < -0.4 is 10.6 Å². The number of carboxylic acid groups (broad SMARTS) is 2. The highest BCUT2D eigenvalue weighted by Crippen LogP contribution is 2.32. The van der Waals surface area contributed by atoms with Crippen molar-refractivity contribution in [2.75, 3.05) is 39.3 Å². The minimum Gasteiger partial charge on any atom is -0.473 e. The molecule has 40 heavy (non-hydrogen) atoms. The minimum absolute atomic E-state index is 0.158. The van der Waals surface area contributed by atoms with Crippen molar-refractivity contribution in [2.24, 2.45) is 0 Å². The molecule has 0 bridgehead atoms. The smallest absolute Gasteiger partial charge is 0.414 e. The number of rotatable bonds is 0. The van der Waals surface area contributed by atoms with Crippen LogP contribution in [0.15, 0.2) is 0 Å². The zero-order valence-electron chi connectivity index (χ0n) is 25.1. The lowest BCUT2D eigenvalue weighted by Crippen LogP contribution is -2.57. The maximum Gasteiger partial charge on any atom is 0.414 e. The Hall–Kier alpha value is -2.60. The molecule has 4 rings (SSSR count). The fraction of sp³-hybridized carbons (Fsp3) is 0.857. The maximum atomic E-state index is 12.0. The van der Waals surface area contributed by atoms with E-state index in [0.717, 1.165) is 65.0 Å². The number of carbonyl (C=O) groups is 4. The Morgan fingerprint density at radius 2 is 0.925 bits per heavy atom. The Kier molecular flexibility index (Phi) is 11.6. The van der Waals surface area contributed by atoms with Crippen molar-refractivity contribution in [1.82, 2.24) is 20.4 Å². The van der Waals surface area contributed by atoms with Gasteiger partial charge in [0.1, 0.15) is 11.2 Å². The van der Waals surface area contributed by atoms with E-state index in [0.29, 0.717) is 11.1 Å². The maximum absolute atomic E-state index is 12.0. The molecule has 0 aromatic carbocycles. The van der Waals surface area contributed by atoms with Gasteiger partial charge in [-0.05, 0) is 106 Å². The summed E-state index contributed by atoms with van der Waals surface area (Å²) in [6.45, 7) is 17.1. The van der Waals surface area contributed by atoms with Crippen LogP contribution in [0.1, 0.15) is 92.9 Å². The molecule has 4 saturated heterocycles. The van der Waals surface area contributed by atoms with E-state index < -0.39 is 23.1 Å². The monoisotopic (exact) mass is 570 g/mol. The molecule has 0 radical (unpaired) electrons. The lowest BCUT2D eigenvalue weighted by molar-refractivity contribution is -0.159. The number of aliphatic carboxylic acids is 2. The third kappa shape index (κ3) is 11.1. The largest absolute Gasteiger partial charge is 0.473 e. The highest BCUT2D eigenvalue weighted by Gasteiger charge is 2.40. The van der Waals surface area contributed by atoms with Crippen LogP contribution in [0.25, 0.3) is 0 Å². The van der Waals surface area contributed by atoms with Crippen molar-refractivity contribution >= 4 is 24.1 Å². The summed E-state index contributed by atoms with van der Waals surface area (Å²) in [5, 5.41) is 21.8. The molecule has 2 unspecified atom stereocenters. The predicted molar refractivity (Wildman–Crippen MR) is 149 cm³/mol. The van der Waals surface area contributed by atoms with Crippen LogP contribution in [0.3, 0.4) is 0 Å². The normalized spacial score (nSPS) is 26.4. The van der Waals surface area contributed by atoms with Crippen LogP contribution in [-0.4, -0.2) is 106 Å². The molecule has 0 aromatic rings. The highest BCUT2D eigenvalue weighted by atomic mass is 16.6. The number of hydrogen-bond donors (Lipinski definition) is 4. The molecule has 2 amide bonds. The van der Waals surface area contributed by atoms with Gasteiger partial charge in [-0.25, -0.2) is 19.2 Å². The van der Waals surface area contributed by atoms with E-state index in [4.69, 9.17) is 29.3 Å². The van der Waals surface area contributed by atoms with Crippen molar-refractivity contribution in [3.05, 3.63) is 0 Å². The second-order valence-corrected chi connectivity index (χ2v) is 13.2. The third-order valence-corrected chi connectivity index (χ3v) is 7.58. The number of nitrogens with one attached hydrogen (secondary N) is 2. The number of hydrogen-bond acceptors (Lipinski definition) is 8. The first-order valence-corrected chi connectivity index (χ1v) is 14.4. The van der Waals surface area contributed by atoms with Gasteiger partial charge in [-0.15, -0.1) is 0 Å². The van der Waals surface area contributed by atoms with Gasteiger partial charge in [0.15, 0.2) is 0 Å². The second kappa shape index (κ2) is 13.8. The first-order chi connectivity index (χ1) is 18.4. The summed E-state index contributed by atoms with van der Waals surface area (Å²) in [7, 11) is 0. The number of carboxylic acids is 2. The predicted octanol–water partition coefficient (Wildman–Crippen LogP) is 3.43. The molecular formula is C28H50N4O8. The fourth-order valence-electron chi connectivity index (χ4n) is 5.22. The van der Waals surface area contributed by atoms with Gasteiger partial charge in [0.2, 0.25) is 0 Å². The summed E-state index contributed by atoms with van der Waals surface area (Å²) < 4.78 is 10.8. The molecule has 0 aromatic heterocycles. The van der Waals surface area contributed by atoms with Gasteiger partial charge in [-0.2, -0.15) is 0 Å². The summed E-state index contributed by atoms with van der Waals surface area (Å²) in [5.74, 6) is -3.65. The van der Waals surface area contributed by atoms with E-state index in [9.17, 15) is 9.59 Å². The molecule has 4 heterocycles. The van der Waals surface area contributed by atoms with E-state index in [1.165, 1.54) is 25.7 Å². The number of amides is 2. The molecule has 0 saturated carbocycles. The molecule has 230 valence electrons. The van der Waals surface area contributed by atoms with Crippen LogP contribution in [-0.2, 0) is 19.1 Å². The number of nitrogens with zero attached hydrogens (tertiary/aromatic N) is 2. The number of carbonyl (C=O) groups excluding carboxylic acids is 2. The van der Waals surface area contributed by atoms with Crippen molar-refractivity contribution in [3.8, 4) is 0 Å². The Morgan fingerprint density at radius 1 is 0.600 bits per heavy atom. The van der Waals surface area contributed by atoms with Crippen molar-refractivity contribution in [2.45, 2.75) is 115 Å². The summed E-state index contributed by atoms with van der Waals surface area (Å²) in [6, 6.07) is 0. The van der Waals surface area contributed by atoms with Crippen molar-refractivity contribution in [3.63, 3.8) is 0 Å². The molecule has 2 spiro atoms. The number of likely N-dealkylation sites (tertiary alicyclic amines) is 2. The fourth-order valence-corrected chi connectivity index (χ4v) is 5.22. The lowest BCUT2D eigenvalue weighted by atomic mass is 9.81. The summed E-state index contributed by atoms with van der Waals surface area (Å²) in [4.78, 5) is 45.9. The van der Waals surface area contributed by atoms with Gasteiger partial charge < -0.3 is 40.1 Å². The minimum atomic E-state index is -1.82. The Balaban J connectivity index is 0.000000234. The highest BCUT2D eigenvalue weighted by molar-refractivity contribution is 6.27. The van der Waals surface area contributed by atoms with E-state index in [-0.39, 0.29) is 12.2 Å². The molecule has 4 aliphatic rings. The molecular weight excluding hydrogens is 520 g/mol. The topological polar surface area (TPSA) is 158 Å². The second-order valence-electron chi connectivity index (χ2n) is 13.2. The molecule has 12 nitrogen and oxygen atoms in total. The van der Waals surface area contributed by atoms with Crippen LogP contribution in [0.4, 0.5) is 9.59 Å². The van der Waals surface area contributed by atoms with Crippen LogP contribution in [0.2, 0.25) is 0 Å². The van der Waals surface area contributed by atoms with Gasteiger partial charge in [0.05, 0.1) is 0 Å². The van der Waals surface area contributed by atoms with Gasteiger partial charge in [0.25, 0.3) is 0 Å². The summed E-state index contributed by atoms with van der Waals surface area (Å²) in [6.07, 6.45) is 8.85. The Labute approximate surface area is 238 Å². The van der Waals surface area contributed by atoms with Gasteiger partial charge in [-0.3, -0.25) is 0 Å². The SMILES string of the molecule is CC(C)(C)OC(=O)N1CCCC2(CCN2)CC1.CC(C)(C)OC(=O)N1CCCC2(CCN2)CC1.O=C(O)C(=O)O. The summed E-state index contributed by atoms with van der Waals surface area (Å²) in [5.41, 5.74) is -0.126. The van der Waals surface area contributed by atoms with Crippen molar-refractivity contribution < 1.29 is 38.9 Å². The molecule has 4 N–H and O–H groups in total. The van der Waals surface area contributed by atoms with Gasteiger partial charge in [-0.1, -0.05) is 0 Å². The van der Waals surface area contributed by atoms with E-state index in [1.54, 1.807) is 0 Å². The quantitative estimate of drug-likeness (QED) is 0.318. The van der Waals surface area contributed by atoms with Crippen LogP contribution in [0.5, 0.6) is 0 Å². The Bertz CT molecular complexity index is 816.